The Morgan fingerprint density at radius 1 is 1.40 bits per heavy atom. The van der Waals surface area contributed by atoms with Crippen LogP contribution in [0.15, 0.2) is 30.3 Å². The summed E-state index contributed by atoms with van der Waals surface area (Å²) in [7, 11) is 0. The van der Waals surface area contributed by atoms with Gasteiger partial charge in [0.25, 0.3) is 0 Å². The number of carbonyl (C=O) groups is 1. The molecule has 0 saturated heterocycles. The van der Waals surface area contributed by atoms with Gasteiger partial charge in [-0.05, 0) is 5.56 Å². The molecule has 0 heterocycles. The van der Waals surface area contributed by atoms with Crippen molar-refractivity contribution < 1.29 is 14.6 Å². The molecule has 0 aliphatic carbocycles. The van der Waals surface area contributed by atoms with Crippen LogP contribution in [0.2, 0.25) is 0 Å². The summed E-state index contributed by atoms with van der Waals surface area (Å²) in [5.41, 5.74) is 1.04. The molecule has 0 saturated carbocycles. The highest BCUT2D eigenvalue weighted by Crippen LogP contribution is 2.02. The summed E-state index contributed by atoms with van der Waals surface area (Å²) in [4.78, 5) is 10.5. The lowest BCUT2D eigenvalue weighted by Crippen LogP contribution is -2.17. The molecule has 0 amide bonds. The largest absolute Gasteiger partial charge is 0.390 e. The minimum atomic E-state index is -0.765. The Hall–Kier alpha value is -0.840. The predicted molar refractivity (Wildman–Crippen MR) is 60.7 cm³/mol. The van der Waals surface area contributed by atoms with Crippen molar-refractivity contribution in [2.24, 2.45) is 0 Å². The fraction of sp³-hybridized carbons (Fsp3) is 0.364. The molecule has 1 aromatic rings. The molecule has 1 unspecified atom stereocenters. The standard InChI is InChI=1S/C11H14O3S/c12-10(6-11(13)15)8-14-7-9-4-2-1-3-5-9/h1-5,10,12H,6-8H2,(H,13,15). The van der Waals surface area contributed by atoms with E-state index in [0.717, 1.165) is 5.56 Å². The second-order valence-electron chi connectivity index (χ2n) is 3.25. The van der Waals surface area contributed by atoms with Gasteiger partial charge in [-0.3, -0.25) is 4.79 Å². The third kappa shape index (κ3) is 5.57. The van der Waals surface area contributed by atoms with Crippen LogP contribution in [0.4, 0.5) is 0 Å². The Morgan fingerprint density at radius 3 is 2.67 bits per heavy atom. The van der Waals surface area contributed by atoms with Gasteiger partial charge >= 0.3 is 0 Å². The van der Waals surface area contributed by atoms with Crippen LogP contribution in [-0.4, -0.2) is 22.9 Å². The van der Waals surface area contributed by atoms with Crippen LogP contribution in [0.25, 0.3) is 0 Å². The fourth-order valence-corrected chi connectivity index (χ4v) is 1.36. The Kier molecular flexibility index (Phi) is 5.39. The van der Waals surface area contributed by atoms with E-state index in [1.807, 2.05) is 30.3 Å². The molecular formula is C11H14O3S. The maximum atomic E-state index is 10.5. The van der Waals surface area contributed by atoms with Gasteiger partial charge in [0.05, 0.1) is 19.3 Å². The number of hydrogen-bond donors (Lipinski definition) is 2. The van der Waals surface area contributed by atoms with Crippen molar-refractivity contribution in [1.29, 1.82) is 0 Å². The van der Waals surface area contributed by atoms with Crippen molar-refractivity contribution in [1.82, 2.24) is 0 Å². The van der Waals surface area contributed by atoms with Crippen molar-refractivity contribution in [3.05, 3.63) is 35.9 Å². The first-order valence-electron chi connectivity index (χ1n) is 4.70. The van der Waals surface area contributed by atoms with E-state index < -0.39 is 6.10 Å². The molecule has 3 nitrogen and oxygen atoms in total. The van der Waals surface area contributed by atoms with Crippen LogP contribution in [0, 0.1) is 0 Å². The zero-order valence-electron chi connectivity index (χ0n) is 8.30. The van der Waals surface area contributed by atoms with E-state index in [2.05, 4.69) is 12.6 Å². The lowest BCUT2D eigenvalue weighted by Gasteiger charge is -2.09. The number of aliphatic hydroxyl groups excluding tert-OH is 1. The topological polar surface area (TPSA) is 46.5 Å². The van der Waals surface area contributed by atoms with Crippen LogP contribution < -0.4 is 0 Å². The number of hydrogen-bond acceptors (Lipinski definition) is 3. The summed E-state index contributed by atoms with van der Waals surface area (Å²) in [5.74, 6) is 0. The van der Waals surface area contributed by atoms with Crippen LogP contribution in [0.3, 0.4) is 0 Å². The van der Waals surface area contributed by atoms with Gasteiger partial charge in [-0.15, -0.1) is 12.6 Å². The number of aliphatic hydroxyl groups is 1. The van der Waals surface area contributed by atoms with E-state index in [9.17, 15) is 9.90 Å². The molecule has 0 aliphatic heterocycles. The zero-order chi connectivity index (χ0) is 11.1. The molecule has 0 fully saturated rings. The first kappa shape index (κ1) is 12.2. The Morgan fingerprint density at radius 2 is 2.07 bits per heavy atom. The molecule has 1 N–H and O–H groups in total. The Bertz CT molecular complexity index is 300. The van der Waals surface area contributed by atoms with E-state index >= 15 is 0 Å². The molecule has 0 aliphatic rings. The summed E-state index contributed by atoms with van der Waals surface area (Å²) < 4.78 is 5.25. The molecule has 82 valence electrons. The molecule has 0 bridgehead atoms. The minimum Gasteiger partial charge on any atom is -0.390 e. The predicted octanol–water partition coefficient (Wildman–Crippen LogP) is 1.41. The quantitative estimate of drug-likeness (QED) is 0.721. The lowest BCUT2D eigenvalue weighted by atomic mass is 10.2. The number of carbonyl (C=O) groups excluding carboxylic acids is 1. The van der Waals surface area contributed by atoms with Crippen molar-refractivity contribution >= 4 is 17.7 Å². The first-order chi connectivity index (χ1) is 7.18. The second-order valence-corrected chi connectivity index (χ2v) is 3.75. The fourth-order valence-electron chi connectivity index (χ4n) is 1.15. The van der Waals surface area contributed by atoms with Gasteiger partial charge in [-0.1, -0.05) is 30.3 Å². The van der Waals surface area contributed by atoms with E-state index in [1.165, 1.54) is 0 Å². The van der Waals surface area contributed by atoms with Gasteiger partial charge in [0.2, 0.25) is 0 Å². The molecular weight excluding hydrogens is 212 g/mol. The minimum absolute atomic E-state index is 0.0257. The number of thiol groups is 1. The molecule has 1 aromatic carbocycles. The number of rotatable bonds is 6. The average Bonchev–Trinajstić information content (AvgIpc) is 2.18. The highest BCUT2D eigenvalue weighted by atomic mass is 32.1. The number of benzene rings is 1. The SMILES string of the molecule is O=C(S)CC(O)COCc1ccccc1. The maximum absolute atomic E-state index is 10.5. The summed E-state index contributed by atoms with van der Waals surface area (Å²) in [6.45, 7) is 0.597. The van der Waals surface area contributed by atoms with Crippen molar-refractivity contribution in [2.75, 3.05) is 6.61 Å². The van der Waals surface area contributed by atoms with Crippen LogP contribution >= 0.6 is 12.6 Å². The molecule has 15 heavy (non-hydrogen) atoms. The normalized spacial score (nSPS) is 12.4. The monoisotopic (exact) mass is 226 g/mol. The van der Waals surface area contributed by atoms with Gasteiger partial charge in [0.15, 0.2) is 5.12 Å². The molecule has 1 atom stereocenters. The summed E-state index contributed by atoms with van der Waals surface area (Å²) in [6.07, 6.45) is -0.739. The second kappa shape index (κ2) is 6.61. The third-order valence-electron chi connectivity index (χ3n) is 1.83. The van der Waals surface area contributed by atoms with Gasteiger partial charge in [-0.25, -0.2) is 0 Å². The lowest BCUT2D eigenvalue weighted by molar-refractivity contribution is -0.113. The van der Waals surface area contributed by atoms with Gasteiger partial charge in [0.1, 0.15) is 0 Å². The van der Waals surface area contributed by atoms with Gasteiger partial charge < -0.3 is 9.84 Å². The van der Waals surface area contributed by atoms with Crippen LogP contribution in [0.5, 0.6) is 0 Å². The maximum Gasteiger partial charge on any atom is 0.188 e. The van der Waals surface area contributed by atoms with Crippen LogP contribution in [0.1, 0.15) is 12.0 Å². The van der Waals surface area contributed by atoms with Gasteiger partial charge in [0, 0.05) is 6.42 Å². The Labute approximate surface area is 94.5 Å². The smallest absolute Gasteiger partial charge is 0.188 e. The zero-order valence-corrected chi connectivity index (χ0v) is 9.19. The summed E-state index contributed by atoms with van der Waals surface area (Å²) in [5, 5.41) is 8.97. The van der Waals surface area contributed by atoms with Gasteiger partial charge in [-0.2, -0.15) is 0 Å². The van der Waals surface area contributed by atoms with E-state index in [4.69, 9.17) is 4.74 Å². The molecule has 4 heteroatoms. The van der Waals surface area contributed by atoms with Crippen LogP contribution in [-0.2, 0) is 16.1 Å². The summed E-state index contributed by atoms with van der Waals surface area (Å²) >= 11 is 3.58. The van der Waals surface area contributed by atoms with Crippen molar-refractivity contribution in [2.45, 2.75) is 19.1 Å². The van der Waals surface area contributed by atoms with Crippen molar-refractivity contribution in [3.8, 4) is 0 Å². The first-order valence-corrected chi connectivity index (χ1v) is 5.14. The molecule has 0 spiro atoms. The van der Waals surface area contributed by atoms with E-state index in [0.29, 0.717) is 6.61 Å². The van der Waals surface area contributed by atoms with E-state index in [1.54, 1.807) is 0 Å². The highest BCUT2D eigenvalue weighted by Gasteiger charge is 2.07. The number of ether oxygens (including phenoxy) is 1. The highest BCUT2D eigenvalue weighted by molar-refractivity contribution is 7.96. The molecule has 1 rings (SSSR count). The Balaban J connectivity index is 2.19. The van der Waals surface area contributed by atoms with Crippen molar-refractivity contribution in [3.63, 3.8) is 0 Å². The summed E-state index contributed by atoms with van der Waals surface area (Å²) in [6, 6.07) is 9.66. The molecule has 0 aromatic heterocycles. The third-order valence-corrected chi connectivity index (χ3v) is 2.01. The average molecular weight is 226 g/mol. The van der Waals surface area contributed by atoms with E-state index in [-0.39, 0.29) is 18.1 Å². The molecule has 0 radical (unpaired) electrons.